The molecule has 0 bridgehead atoms. The molecule has 0 unspecified atom stereocenters. The van der Waals surface area contributed by atoms with Crippen molar-refractivity contribution in [2.24, 2.45) is 0 Å². The Balaban J connectivity index is 2.82. The van der Waals surface area contributed by atoms with E-state index in [1.807, 2.05) is 12.1 Å². The van der Waals surface area contributed by atoms with Crippen molar-refractivity contribution < 1.29 is 9.15 Å². The van der Waals surface area contributed by atoms with Crippen LogP contribution in [0.2, 0.25) is 5.02 Å². The molecular formula is C9H7ClO2. The maximum Gasteiger partial charge on any atom is 0.156 e. The van der Waals surface area contributed by atoms with Crippen LogP contribution in [0.15, 0.2) is 28.9 Å². The third kappa shape index (κ3) is 0.959. The summed E-state index contributed by atoms with van der Waals surface area (Å²) < 4.78 is 10.3. The summed E-state index contributed by atoms with van der Waals surface area (Å²) in [5, 5.41) is 1.51. The molecule has 0 aliphatic rings. The van der Waals surface area contributed by atoms with Crippen LogP contribution in [-0.2, 0) is 0 Å². The van der Waals surface area contributed by atoms with Gasteiger partial charge in [-0.1, -0.05) is 11.6 Å². The third-order valence-electron chi connectivity index (χ3n) is 1.75. The average Bonchev–Trinajstić information content (AvgIpc) is 2.54. The minimum atomic E-state index is 0.607. The number of benzene rings is 1. The van der Waals surface area contributed by atoms with Crippen molar-refractivity contribution in [1.82, 2.24) is 0 Å². The lowest BCUT2D eigenvalue weighted by atomic mass is 10.2. The Morgan fingerprint density at radius 1 is 1.33 bits per heavy atom. The second-order valence-corrected chi connectivity index (χ2v) is 2.82. The number of ether oxygens (including phenoxy) is 1. The van der Waals surface area contributed by atoms with Gasteiger partial charge in [0.05, 0.1) is 23.8 Å². The first kappa shape index (κ1) is 7.50. The molecule has 1 aromatic carbocycles. The van der Waals surface area contributed by atoms with Gasteiger partial charge in [-0.05, 0) is 18.2 Å². The van der Waals surface area contributed by atoms with Gasteiger partial charge in [0.15, 0.2) is 5.58 Å². The molecule has 0 N–H and O–H groups in total. The third-order valence-corrected chi connectivity index (χ3v) is 2.05. The van der Waals surface area contributed by atoms with Crippen LogP contribution < -0.4 is 4.74 Å². The number of hydrogen-bond donors (Lipinski definition) is 0. The van der Waals surface area contributed by atoms with Crippen molar-refractivity contribution in [3.63, 3.8) is 0 Å². The van der Waals surface area contributed by atoms with Gasteiger partial charge in [-0.2, -0.15) is 0 Å². The highest BCUT2D eigenvalue weighted by Gasteiger charge is 2.06. The second kappa shape index (κ2) is 2.72. The largest absolute Gasteiger partial charge is 0.496 e. The SMILES string of the molecule is COc1ccc(Cl)c2occc12. The Morgan fingerprint density at radius 2 is 2.17 bits per heavy atom. The highest BCUT2D eigenvalue weighted by molar-refractivity contribution is 6.35. The van der Waals surface area contributed by atoms with Crippen LogP contribution in [-0.4, -0.2) is 7.11 Å². The van der Waals surface area contributed by atoms with Gasteiger partial charge in [0.25, 0.3) is 0 Å². The lowest BCUT2D eigenvalue weighted by Crippen LogP contribution is -1.82. The van der Waals surface area contributed by atoms with E-state index in [9.17, 15) is 0 Å². The Hall–Kier alpha value is -1.15. The van der Waals surface area contributed by atoms with E-state index >= 15 is 0 Å². The van der Waals surface area contributed by atoms with Gasteiger partial charge in [0.2, 0.25) is 0 Å². The summed E-state index contributed by atoms with van der Waals surface area (Å²) >= 11 is 5.88. The van der Waals surface area contributed by atoms with Gasteiger partial charge in [0.1, 0.15) is 5.75 Å². The average molecular weight is 183 g/mol. The summed E-state index contributed by atoms with van der Waals surface area (Å²) in [6.45, 7) is 0. The maximum absolute atomic E-state index is 5.88. The van der Waals surface area contributed by atoms with Crippen LogP contribution in [0.4, 0.5) is 0 Å². The smallest absolute Gasteiger partial charge is 0.156 e. The van der Waals surface area contributed by atoms with Gasteiger partial charge in [-0.3, -0.25) is 0 Å². The van der Waals surface area contributed by atoms with Gasteiger partial charge >= 0.3 is 0 Å². The van der Waals surface area contributed by atoms with E-state index in [2.05, 4.69) is 0 Å². The van der Waals surface area contributed by atoms with E-state index in [1.54, 1.807) is 19.4 Å². The Labute approximate surface area is 74.7 Å². The Morgan fingerprint density at radius 3 is 2.92 bits per heavy atom. The van der Waals surface area contributed by atoms with Crippen molar-refractivity contribution >= 4 is 22.6 Å². The molecular weight excluding hydrogens is 176 g/mol. The standard InChI is InChI=1S/C9H7ClO2/c1-11-8-3-2-7(10)9-6(8)4-5-12-9/h2-5H,1H3. The van der Waals surface area contributed by atoms with E-state index in [-0.39, 0.29) is 0 Å². The molecule has 0 fully saturated rings. The fourth-order valence-electron chi connectivity index (χ4n) is 1.18. The van der Waals surface area contributed by atoms with E-state index in [4.69, 9.17) is 20.8 Å². The van der Waals surface area contributed by atoms with Gasteiger partial charge in [-0.25, -0.2) is 0 Å². The highest BCUT2D eigenvalue weighted by Crippen LogP contribution is 2.31. The first-order valence-corrected chi connectivity index (χ1v) is 3.90. The summed E-state index contributed by atoms with van der Waals surface area (Å²) in [6.07, 6.45) is 1.60. The quantitative estimate of drug-likeness (QED) is 0.676. The number of halogens is 1. The van der Waals surface area contributed by atoms with Crippen molar-refractivity contribution in [3.8, 4) is 5.75 Å². The second-order valence-electron chi connectivity index (χ2n) is 2.41. The normalized spacial score (nSPS) is 10.5. The van der Waals surface area contributed by atoms with Crippen LogP contribution in [0.3, 0.4) is 0 Å². The molecule has 0 radical (unpaired) electrons. The molecule has 0 atom stereocenters. The fraction of sp³-hybridized carbons (Fsp3) is 0.111. The number of furan rings is 1. The van der Waals surface area contributed by atoms with Gasteiger partial charge < -0.3 is 9.15 Å². The van der Waals surface area contributed by atoms with Gasteiger partial charge in [-0.15, -0.1) is 0 Å². The van der Waals surface area contributed by atoms with Crippen LogP contribution in [0, 0.1) is 0 Å². The summed E-state index contributed by atoms with van der Waals surface area (Å²) in [6, 6.07) is 5.41. The van der Waals surface area contributed by atoms with Crippen molar-refractivity contribution in [2.75, 3.05) is 7.11 Å². The molecule has 2 rings (SSSR count). The molecule has 0 saturated heterocycles. The van der Waals surface area contributed by atoms with Crippen LogP contribution in [0.25, 0.3) is 11.0 Å². The van der Waals surface area contributed by atoms with Crippen molar-refractivity contribution in [3.05, 3.63) is 29.5 Å². The molecule has 3 heteroatoms. The zero-order valence-corrected chi connectivity index (χ0v) is 7.26. The molecule has 2 nitrogen and oxygen atoms in total. The Bertz CT molecular complexity index is 406. The fourth-order valence-corrected chi connectivity index (χ4v) is 1.39. The molecule has 1 aromatic heterocycles. The zero-order valence-electron chi connectivity index (χ0n) is 6.50. The predicted molar refractivity (Wildman–Crippen MR) is 47.8 cm³/mol. The monoisotopic (exact) mass is 182 g/mol. The molecule has 0 saturated carbocycles. The highest BCUT2D eigenvalue weighted by atomic mass is 35.5. The molecule has 12 heavy (non-hydrogen) atoms. The van der Waals surface area contributed by atoms with E-state index in [1.165, 1.54) is 0 Å². The minimum Gasteiger partial charge on any atom is -0.496 e. The van der Waals surface area contributed by atoms with Crippen LogP contribution in [0.5, 0.6) is 5.75 Å². The Kier molecular flexibility index (Phi) is 1.70. The summed E-state index contributed by atoms with van der Waals surface area (Å²) in [5.74, 6) is 0.781. The summed E-state index contributed by atoms with van der Waals surface area (Å²) in [4.78, 5) is 0. The van der Waals surface area contributed by atoms with Crippen molar-refractivity contribution in [1.29, 1.82) is 0 Å². The van der Waals surface area contributed by atoms with E-state index in [0.29, 0.717) is 10.6 Å². The minimum absolute atomic E-state index is 0.607. The van der Waals surface area contributed by atoms with Crippen LogP contribution >= 0.6 is 11.6 Å². The molecule has 0 aliphatic carbocycles. The number of methoxy groups -OCH3 is 1. The zero-order chi connectivity index (χ0) is 8.55. The lowest BCUT2D eigenvalue weighted by Gasteiger charge is -2.00. The number of rotatable bonds is 1. The van der Waals surface area contributed by atoms with E-state index in [0.717, 1.165) is 11.1 Å². The van der Waals surface area contributed by atoms with Crippen LogP contribution in [0.1, 0.15) is 0 Å². The summed E-state index contributed by atoms with van der Waals surface area (Å²) in [5.41, 5.74) is 0.677. The topological polar surface area (TPSA) is 22.4 Å². The first-order valence-electron chi connectivity index (χ1n) is 3.52. The maximum atomic E-state index is 5.88. The molecule has 62 valence electrons. The van der Waals surface area contributed by atoms with E-state index < -0.39 is 0 Å². The number of fused-ring (bicyclic) bond motifs is 1. The molecule has 1 heterocycles. The predicted octanol–water partition coefficient (Wildman–Crippen LogP) is 3.09. The number of hydrogen-bond acceptors (Lipinski definition) is 2. The molecule has 2 aromatic rings. The lowest BCUT2D eigenvalue weighted by molar-refractivity contribution is 0.419. The summed E-state index contributed by atoms with van der Waals surface area (Å²) in [7, 11) is 1.62. The molecule has 0 aliphatic heterocycles. The first-order chi connectivity index (χ1) is 5.83. The molecule has 0 amide bonds. The van der Waals surface area contributed by atoms with Crippen molar-refractivity contribution in [2.45, 2.75) is 0 Å². The molecule has 0 spiro atoms. The van der Waals surface area contributed by atoms with Gasteiger partial charge in [0, 0.05) is 0 Å².